The second-order valence-corrected chi connectivity index (χ2v) is 19.1. The van der Waals surface area contributed by atoms with Gasteiger partial charge in [-0.2, -0.15) is 13.0 Å². The monoisotopic (exact) mass is 890 g/mol. The maximum Gasteiger partial charge on any atom is 0.264 e. The van der Waals surface area contributed by atoms with Gasteiger partial charge in [0.25, 0.3) is 10.1 Å². The van der Waals surface area contributed by atoms with E-state index >= 15 is 0 Å². The lowest BCUT2D eigenvalue weighted by Gasteiger charge is -2.28. The van der Waals surface area contributed by atoms with Gasteiger partial charge < -0.3 is 4.90 Å². The molecule has 5 nitrogen and oxygen atoms in total. The number of benzene rings is 4. The summed E-state index contributed by atoms with van der Waals surface area (Å²) in [6, 6.07) is 26.5. The number of allylic oxidation sites excluding steroid dienone is 8. The minimum Gasteiger partial charge on any atom is -0.344 e. The molecular weight excluding hydrogens is 805 g/mol. The first kappa shape index (κ1) is 54.1. The number of fused-ring (bicyclic) bond motifs is 6. The lowest BCUT2D eigenvalue weighted by molar-refractivity contribution is -0.438. The van der Waals surface area contributed by atoms with Crippen molar-refractivity contribution in [3.63, 3.8) is 0 Å². The zero-order valence-corrected chi connectivity index (χ0v) is 43.5. The third-order valence-electron chi connectivity index (χ3n) is 12.6. The Labute approximate surface area is 390 Å². The summed E-state index contributed by atoms with van der Waals surface area (Å²) in [5, 5.41) is 5.14. The van der Waals surface area contributed by atoms with E-state index in [1.807, 2.05) is 55.4 Å². The van der Waals surface area contributed by atoms with Crippen molar-refractivity contribution in [2.45, 2.75) is 166 Å². The van der Waals surface area contributed by atoms with Crippen molar-refractivity contribution in [2.24, 2.45) is 5.92 Å². The van der Waals surface area contributed by atoms with Crippen molar-refractivity contribution in [2.75, 3.05) is 23.7 Å². The largest absolute Gasteiger partial charge is 0.344 e. The molecule has 1 aliphatic carbocycles. The number of hydrogen-bond acceptors (Lipinski definition) is 3. The third-order valence-corrected chi connectivity index (χ3v) is 13.4. The van der Waals surface area contributed by atoms with E-state index in [1.54, 1.807) is 0 Å². The molecule has 0 saturated heterocycles. The molecule has 0 radical (unpaired) electrons. The molecule has 4 aromatic carbocycles. The topological polar surface area (TPSA) is 60.6 Å². The van der Waals surface area contributed by atoms with Gasteiger partial charge >= 0.3 is 0 Å². The first-order valence-corrected chi connectivity index (χ1v) is 26.6. The van der Waals surface area contributed by atoms with Gasteiger partial charge in [0, 0.05) is 47.5 Å². The summed E-state index contributed by atoms with van der Waals surface area (Å²) in [5.41, 5.74) is 11.8. The Kier molecular flexibility index (Phi) is 21.0. The molecule has 7 rings (SSSR count). The molecule has 2 aliphatic heterocycles. The summed E-state index contributed by atoms with van der Waals surface area (Å²) in [5.74, 6) is 0.156. The van der Waals surface area contributed by atoms with E-state index < -0.39 is 10.1 Å². The second kappa shape index (κ2) is 24.9. The molecule has 350 valence electrons. The van der Waals surface area contributed by atoms with Crippen molar-refractivity contribution >= 4 is 48.7 Å². The molecule has 0 spiro atoms. The van der Waals surface area contributed by atoms with Crippen LogP contribution in [0.1, 0.15) is 166 Å². The quantitative estimate of drug-likeness (QED) is 0.0825. The number of hydrogen-bond donors (Lipinski definition) is 1. The van der Waals surface area contributed by atoms with E-state index in [-0.39, 0.29) is 16.6 Å². The van der Waals surface area contributed by atoms with Crippen molar-refractivity contribution in [3.8, 4) is 0 Å². The fraction of sp³-hybridized carbons (Fsp3) is 0.500. The van der Waals surface area contributed by atoms with Crippen molar-refractivity contribution < 1.29 is 17.5 Å². The Balaban J connectivity index is 0.00000129. The van der Waals surface area contributed by atoms with Crippen LogP contribution in [0.2, 0.25) is 0 Å². The fourth-order valence-corrected chi connectivity index (χ4v) is 10.6. The third kappa shape index (κ3) is 11.9. The molecule has 0 bridgehead atoms. The van der Waals surface area contributed by atoms with Crippen molar-refractivity contribution in [1.29, 1.82) is 0 Å². The van der Waals surface area contributed by atoms with Crippen LogP contribution in [0, 0.1) is 5.92 Å². The highest BCUT2D eigenvalue weighted by Gasteiger charge is 2.45. The van der Waals surface area contributed by atoms with Gasteiger partial charge in [-0.05, 0) is 120 Å². The Morgan fingerprint density at radius 3 is 1.89 bits per heavy atom. The van der Waals surface area contributed by atoms with Crippen LogP contribution < -0.4 is 4.90 Å². The Hall–Kier alpha value is -4.26. The summed E-state index contributed by atoms with van der Waals surface area (Å²) >= 11 is 0. The maximum absolute atomic E-state index is 11.6. The van der Waals surface area contributed by atoms with Crippen LogP contribution in [0.15, 0.2) is 120 Å². The van der Waals surface area contributed by atoms with Gasteiger partial charge in [-0.1, -0.05) is 163 Å². The summed E-state index contributed by atoms with van der Waals surface area (Å²) in [4.78, 5) is 2.40. The lowest BCUT2D eigenvalue weighted by Crippen LogP contribution is -2.28. The van der Waals surface area contributed by atoms with Crippen LogP contribution in [0.25, 0.3) is 21.5 Å². The average molecular weight is 890 g/mol. The van der Waals surface area contributed by atoms with Crippen molar-refractivity contribution in [3.05, 3.63) is 131 Å². The Bertz CT molecular complexity index is 2420. The van der Waals surface area contributed by atoms with Gasteiger partial charge in [-0.25, -0.2) is 0 Å². The van der Waals surface area contributed by atoms with Crippen LogP contribution >= 0.6 is 0 Å². The predicted octanol–water partition coefficient (Wildman–Crippen LogP) is 16.6. The predicted molar refractivity (Wildman–Crippen MR) is 283 cm³/mol. The van der Waals surface area contributed by atoms with Crippen LogP contribution in [-0.4, -0.2) is 42.1 Å². The number of rotatable bonds is 13. The van der Waals surface area contributed by atoms with Gasteiger partial charge in [0.1, 0.15) is 6.54 Å². The molecule has 6 heteroatoms. The number of nitrogens with zero attached hydrogens (tertiary/aromatic N) is 2. The van der Waals surface area contributed by atoms with Crippen molar-refractivity contribution in [1.82, 2.24) is 0 Å². The normalized spacial score (nSPS) is 17.4. The standard InChI is InChI=1S/C50H60N2O3S.4C2H6/c1-8-9-14-32-51-42-28-24-36-18-10-12-22-40(36)47(42)49(4,5)44(51)30-26-38-20-17-21-39(46(38)35(2)3)27-31-45-50(6,7)48-41-23-13-11-19-37(41)25-29-43(48)52(45)33-15-16-34-56(53,54)55;4*1-2/h10-13,18-19,22-31,35H,8-9,14-17,20-21,32-34H2,1-7H3;4*1-2H3/p+1. The zero-order valence-electron chi connectivity index (χ0n) is 42.7. The van der Waals surface area contributed by atoms with Gasteiger partial charge in [0.15, 0.2) is 5.71 Å². The van der Waals surface area contributed by atoms with E-state index in [9.17, 15) is 13.0 Å². The molecule has 0 saturated carbocycles. The van der Waals surface area contributed by atoms with Gasteiger partial charge in [0.2, 0.25) is 5.69 Å². The highest BCUT2D eigenvalue weighted by molar-refractivity contribution is 7.85. The smallest absolute Gasteiger partial charge is 0.264 e. The molecular formula is C58H85N2O3S+. The first-order valence-electron chi connectivity index (χ1n) is 25.0. The first-order chi connectivity index (χ1) is 30.7. The minimum absolute atomic E-state index is 0.132. The van der Waals surface area contributed by atoms with Crippen LogP contribution in [0.3, 0.4) is 0 Å². The number of anilines is 1. The molecule has 1 N–H and O–H groups in total. The second-order valence-electron chi connectivity index (χ2n) is 17.5. The molecule has 4 aromatic rings. The summed E-state index contributed by atoms with van der Waals surface area (Å²) in [6.07, 6.45) is 17.6. The fourth-order valence-electron chi connectivity index (χ4n) is 10.0. The molecule has 3 aliphatic rings. The van der Waals surface area contributed by atoms with Crippen LogP contribution in [0.4, 0.5) is 11.4 Å². The molecule has 0 fully saturated rings. The SMILES string of the molecule is CC.CC.CC.CC.CCCCC[N+]1=C(/C=C/C2=C(C(C)C)C(=C/C=C3/N(CCCCS(=O)(=O)O)c4ccc5ccccc5c4C3(C)C)/CCC2)C(C)(C)c2c1ccc1ccccc21. The summed E-state index contributed by atoms with van der Waals surface area (Å²) < 4.78 is 35.2. The zero-order chi connectivity index (χ0) is 47.8. The number of unbranched alkanes of at least 4 members (excludes halogenated alkanes) is 3. The van der Waals surface area contributed by atoms with Gasteiger partial charge in [-0.3, -0.25) is 4.55 Å². The average Bonchev–Trinajstić information content (AvgIpc) is 3.66. The maximum atomic E-state index is 11.6. The van der Waals surface area contributed by atoms with Gasteiger partial charge in [0.05, 0.1) is 11.2 Å². The minimum atomic E-state index is -4.00. The Morgan fingerprint density at radius 1 is 0.703 bits per heavy atom. The molecule has 0 atom stereocenters. The summed E-state index contributed by atoms with van der Waals surface area (Å²) in [6.45, 7) is 34.1. The Morgan fingerprint density at radius 2 is 1.30 bits per heavy atom. The van der Waals surface area contributed by atoms with Gasteiger partial charge in [-0.15, -0.1) is 0 Å². The van der Waals surface area contributed by atoms with Crippen LogP contribution in [0.5, 0.6) is 0 Å². The highest BCUT2D eigenvalue weighted by atomic mass is 32.2. The van der Waals surface area contributed by atoms with E-state index in [1.165, 1.54) is 91.4 Å². The van der Waals surface area contributed by atoms with Crippen LogP contribution in [-0.2, 0) is 20.9 Å². The molecule has 64 heavy (non-hydrogen) atoms. The van der Waals surface area contributed by atoms with E-state index in [4.69, 9.17) is 0 Å². The van der Waals surface area contributed by atoms with E-state index in [0.29, 0.717) is 25.3 Å². The lowest BCUT2D eigenvalue weighted by atomic mass is 9.77. The molecule has 0 aromatic heterocycles. The summed E-state index contributed by atoms with van der Waals surface area (Å²) in [7, 11) is -4.00. The molecule has 2 heterocycles. The molecule has 0 amide bonds. The molecule has 0 unspecified atom stereocenters. The highest BCUT2D eigenvalue weighted by Crippen LogP contribution is 2.51. The van der Waals surface area contributed by atoms with E-state index in [2.05, 4.69) is 155 Å². The van der Waals surface area contributed by atoms with E-state index in [0.717, 1.165) is 25.8 Å².